The van der Waals surface area contributed by atoms with Gasteiger partial charge >= 0.3 is 0 Å². The first kappa shape index (κ1) is 33.6. The summed E-state index contributed by atoms with van der Waals surface area (Å²) >= 11 is 1.89. The van der Waals surface area contributed by atoms with E-state index in [0.29, 0.717) is 0 Å². The molecule has 57 heavy (non-hydrogen) atoms. The van der Waals surface area contributed by atoms with E-state index in [9.17, 15) is 0 Å². The minimum atomic E-state index is -0.0715. The molecule has 0 fully saturated rings. The van der Waals surface area contributed by atoms with Gasteiger partial charge in [0.2, 0.25) is 0 Å². The molecular formula is C55H39NS. The van der Waals surface area contributed by atoms with E-state index in [-0.39, 0.29) is 5.41 Å². The number of benzene rings is 9. The Morgan fingerprint density at radius 3 is 1.77 bits per heavy atom. The smallest absolute Gasteiger partial charge is 0.0547 e. The molecular weight excluding hydrogens is 707 g/mol. The number of nitrogens with zero attached hydrogens (tertiary/aromatic N) is 1. The Morgan fingerprint density at radius 1 is 0.404 bits per heavy atom. The average molecular weight is 746 g/mol. The average Bonchev–Trinajstić information content (AvgIpc) is 3.76. The van der Waals surface area contributed by atoms with E-state index >= 15 is 0 Å². The van der Waals surface area contributed by atoms with Crippen LogP contribution in [0.15, 0.2) is 200 Å². The molecule has 2 heteroatoms. The van der Waals surface area contributed by atoms with E-state index in [1.165, 1.54) is 86.6 Å². The predicted molar refractivity (Wildman–Crippen MR) is 245 cm³/mol. The summed E-state index contributed by atoms with van der Waals surface area (Å²) in [7, 11) is 0. The lowest BCUT2D eigenvalue weighted by Crippen LogP contribution is -2.15. The van der Waals surface area contributed by atoms with Gasteiger partial charge in [0.25, 0.3) is 0 Å². The SMILES string of the molecule is CC1(C)c2ccccc2-c2cc(N(c3ccc(-c4ccc(-c5ccccc5)cc4)cc3)c3ccc4ccccc4c3-c3cccc4c3sc3ccccc34)ccc21. The highest BCUT2D eigenvalue weighted by Gasteiger charge is 2.35. The van der Waals surface area contributed by atoms with Crippen molar-refractivity contribution >= 4 is 59.3 Å². The van der Waals surface area contributed by atoms with Crippen molar-refractivity contribution in [2.24, 2.45) is 0 Å². The molecule has 0 atom stereocenters. The third kappa shape index (κ3) is 5.44. The van der Waals surface area contributed by atoms with E-state index in [2.05, 4.69) is 219 Å². The topological polar surface area (TPSA) is 3.24 Å². The third-order valence-electron chi connectivity index (χ3n) is 12.1. The number of anilines is 3. The van der Waals surface area contributed by atoms with Gasteiger partial charge in [0.05, 0.1) is 5.69 Å². The van der Waals surface area contributed by atoms with Gasteiger partial charge in [-0.05, 0) is 91.7 Å². The van der Waals surface area contributed by atoms with Crippen LogP contribution in [0.2, 0.25) is 0 Å². The van der Waals surface area contributed by atoms with Crippen molar-refractivity contribution in [3.63, 3.8) is 0 Å². The van der Waals surface area contributed by atoms with Crippen molar-refractivity contribution in [3.8, 4) is 44.5 Å². The fourth-order valence-corrected chi connectivity index (χ4v) is 10.5. The van der Waals surface area contributed by atoms with E-state index < -0.39 is 0 Å². The fraction of sp³-hybridized carbons (Fsp3) is 0.0545. The van der Waals surface area contributed by atoms with Gasteiger partial charge in [-0.3, -0.25) is 0 Å². The second-order valence-corrected chi connectivity index (χ2v) is 16.7. The van der Waals surface area contributed by atoms with Gasteiger partial charge < -0.3 is 4.90 Å². The zero-order chi connectivity index (χ0) is 38.1. The summed E-state index contributed by atoms with van der Waals surface area (Å²) in [5.41, 5.74) is 16.1. The Kier molecular flexibility index (Phi) is 7.77. The highest BCUT2D eigenvalue weighted by molar-refractivity contribution is 7.26. The summed E-state index contributed by atoms with van der Waals surface area (Å²) in [6.45, 7) is 4.71. The lowest BCUT2D eigenvalue weighted by molar-refractivity contribution is 0.660. The fourth-order valence-electron chi connectivity index (χ4n) is 9.24. The van der Waals surface area contributed by atoms with Gasteiger partial charge in [0, 0.05) is 48.1 Å². The summed E-state index contributed by atoms with van der Waals surface area (Å²) in [6, 6.07) is 73.9. The molecule has 0 bridgehead atoms. The maximum Gasteiger partial charge on any atom is 0.0547 e. The molecule has 0 unspecified atom stereocenters. The van der Waals surface area contributed by atoms with Crippen molar-refractivity contribution in [3.05, 3.63) is 211 Å². The molecule has 0 amide bonds. The van der Waals surface area contributed by atoms with Gasteiger partial charge in [0.15, 0.2) is 0 Å². The molecule has 1 nitrogen and oxygen atoms in total. The standard InChI is InChI=1S/C55H39NS/c1-55(2)49-21-10-8-17-44(49)48-35-42(32-33-50(48)55)56(41-30-27-39(28-31-41)38-25-23-37(24-26-38)36-13-4-3-5-14-36)51-34-29-40-15-6-7-16-43(40)53(51)47-20-12-19-46-45-18-9-11-22-52(45)57-54(46)47/h3-35H,1-2H3. The summed E-state index contributed by atoms with van der Waals surface area (Å²) in [5.74, 6) is 0. The summed E-state index contributed by atoms with van der Waals surface area (Å²) in [6.07, 6.45) is 0. The zero-order valence-electron chi connectivity index (χ0n) is 31.9. The maximum atomic E-state index is 2.49. The second-order valence-electron chi connectivity index (χ2n) is 15.7. The second kappa shape index (κ2) is 13.2. The van der Waals surface area contributed by atoms with Crippen molar-refractivity contribution in [1.82, 2.24) is 0 Å². The molecule has 1 heterocycles. The van der Waals surface area contributed by atoms with Crippen LogP contribution >= 0.6 is 11.3 Å². The van der Waals surface area contributed by atoms with Crippen molar-refractivity contribution in [2.75, 3.05) is 4.90 Å². The molecule has 1 aromatic heterocycles. The quantitative estimate of drug-likeness (QED) is 0.164. The van der Waals surface area contributed by atoms with Gasteiger partial charge in [0.1, 0.15) is 0 Å². The van der Waals surface area contributed by atoms with E-state index in [4.69, 9.17) is 0 Å². The first-order chi connectivity index (χ1) is 28.0. The Bertz CT molecular complexity index is 3130. The number of hydrogen-bond donors (Lipinski definition) is 0. The lowest BCUT2D eigenvalue weighted by atomic mass is 9.82. The molecule has 0 saturated heterocycles. The molecule has 0 radical (unpaired) electrons. The zero-order valence-corrected chi connectivity index (χ0v) is 32.7. The normalized spacial score (nSPS) is 12.9. The van der Waals surface area contributed by atoms with E-state index in [0.717, 1.165) is 17.1 Å². The lowest BCUT2D eigenvalue weighted by Gasteiger charge is -2.30. The summed E-state index contributed by atoms with van der Waals surface area (Å²) in [4.78, 5) is 2.49. The summed E-state index contributed by atoms with van der Waals surface area (Å²) < 4.78 is 2.63. The predicted octanol–water partition coefficient (Wildman–Crippen LogP) is 16.0. The molecule has 0 saturated carbocycles. The van der Waals surface area contributed by atoms with Crippen molar-refractivity contribution < 1.29 is 0 Å². The molecule has 270 valence electrons. The Labute approximate surface area is 337 Å². The van der Waals surface area contributed by atoms with Crippen LogP contribution < -0.4 is 4.90 Å². The Balaban J connectivity index is 1.13. The van der Waals surface area contributed by atoms with Crippen LogP contribution in [0.4, 0.5) is 17.1 Å². The van der Waals surface area contributed by atoms with E-state index in [1.807, 2.05) is 11.3 Å². The van der Waals surface area contributed by atoms with Crippen LogP contribution in [0.25, 0.3) is 75.5 Å². The largest absolute Gasteiger partial charge is 0.310 e. The number of hydrogen-bond acceptors (Lipinski definition) is 2. The minimum Gasteiger partial charge on any atom is -0.310 e. The van der Waals surface area contributed by atoms with Crippen molar-refractivity contribution in [2.45, 2.75) is 19.3 Å². The van der Waals surface area contributed by atoms with Crippen LogP contribution in [-0.4, -0.2) is 0 Å². The first-order valence-electron chi connectivity index (χ1n) is 19.8. The Morgan fingerprint density at radius 2 is 0.982 bits per heavy atom. The number of fused-ring (bicyclic) bond motifs is 7. The third-order valence-corrected chi connectivity index (χ3v) is 13.3. The monoisotopic (exact) mass is 745 g/mol. The van der Waals surface area contributed by atoms with Crippen LogP contribution in [0.1, 0.15) is 25.0 Å². The molecule has 10 aromatic rings. The van der Waals surface area contributed by atoms with E-state index in [1.54, 1.807) is 0 Å². The molecule has 1 aliphatic rings. The van der Waals surface area contributed by atoms with Gasteiger partial charge in [-0.2, -0.15) is 0 Å². The highest BCUT2D eigenvalue weighted by Crippen LogP contribution is 2.53. The number of thiophene rings is 1. The summed E-state index contributed by atoms with van der Waals surface area (Å²) in [5, 5.41) is 5.09. The first-order valence-corrected chi connectivity index (χ1v) is 20.6. The van der Waals surface area contributed by atoms with Crippen LogP contribution in [-0.2, 0) is 5.41 Å². The van der Waals surface area contributed by atoms with Crippen LogP contribution in [0.3, 0.4) is 0 Å². The van der Waals surface area contributed by atoms with Crippen LogP contribution in [0.5, 0.6) is 0 Å². The number of rotatable bonds is 6. The molecule has 0 aliphatic heterocycles. The molecule has 11 rings (SSSR count). The molecule has 9 aromatic carbocycles. The minimum absolute atomic E-state index is 0.0715. The highest BCUT2D eigenvalue weighted by atomic mass is 32.1. The van der Waals surface area contributed by atoms with Crippen LogP contribution in [0, 0.1) is 0 Å². The van der Waals surface area contributed by atoms with Gasteiger partial charge in [-0.25, -0.2) is 0 Å². The van der Waals surface area contributed by atoms with Crippen molar-refractivity contribution in [1.29, 1.82) is 0 Å². The maximum absolute atomic E-state index is 2.49. The molecule has 0 spiro atoms. The van der Waals surface area contributed by atoms with Gasteiger partial charge in [-0.15, -0.1) is 11.3 Å². The molecule has 1 aliphatic carbocycles. The molecule has 0 N–H and O–H groups in total. The Hall–Kier alpha value is -6.74. The van der Waals surface area contributed by atoms with Gasteiger partial charge in [-0.1, -0.05) is 178 Å².